The molecule has 0 spiro atoms. The van der Waals surface area contributed by atoms with Gasteiger partial charge in [0.2, 0.25) is 0 Å². The highest BCUT2D eigenvalue weighted by Gasteiger charge is 2.04. The molecule has 1 rings (SSSR count). The Bertz CT molecular complexity index is 264. The molecule has 3 nitrogen and oxygen atoms in total. The molecule has 84 valence electrons. The standard InChI is InChI=1S/C11H19N3S/c1-9(2)14-7-10(3)8-15-11-12-5-4-6-13-11/h4-6,9-10,14H,7-8H2,1-3H3. The highest BCUT2D eigenvalue weighted by Crippen LogP contribution is 2.14. The zero-order chi connectivity index (χ0) is 11.1. The van der Waals surface area contributed by atoms with Crippen LogP contribution in [0.3, 0.4) is 0 Å². The molecular weight excluding hydrogens is 206 g/mol. The van der Waals surface area contributed by atoms with Crippen molar-refractivity contribution < 1.29 is 0 Å². The Hall–Kier alpha value is -0.610. The molecule has 0 radical (unpaired) electrons. The monoisotopic (exact) mass is 225 g/mol. The van der Waals surface area contributed by atoms with E-state index in [1.54, 1.807) is 24.2 Å². The van der Waals surface area contributed by atoms with Crippen molar-refractivity contribution in [2.45, 2.75) is 32.0 Å². The van der Waals surface area contributed by atoms with Crippen LogP contribution in [0.1, 0.15) is 20.8 Å². The maximum absolute atomic E-state index is 4.18. The molecule has 0 saturated carbocycles. The molecule has 0 aliphatic rings. The maximum Gasteiger partial charge on any atom is 0.187 e. The molecule has 15 heavy (non-hydrogen) atoms. The predicted molar refractivity (Wildman–Crippen MR) is 65.1 cm³/mol. The SMILES string of the molecule is CC(CNC(C)C)CSc1ncccn1. The normalized spacial score (nSPS) is 13.1. The lowest BCUT2D eigenvalue weighted by Crippen LogP contribution is -2.28. The van der Waals surface area contributed by atoms with Crippen molar-refractivity contribution in [2.75, 3.05) is 12.3 Å². The van der Waals surface area contributed by atoms with Crippen LogP contribution in [-0.2, 0) is 0 Å². The van der Waals surface area contributed by atoms with Gasteiger partial charge < -0.3 is 5.32 Å². The van der Waals surface area contributed by atoms with Crippen molar-refractivity contribution in [1.82, 2.24) is 15.3 Å². The summed E-state index contributed by atoms with van der Waals surface area (Å²) < 4.78 is 0. The van der Waals surface area contributed by atoms with Gasteiger partial charge in [-0.2, -0.15) is 0 Å². The van der Waals surface area contributed by atoms with Gasteiger partial charge in [-0.05, 0) is 18.5 Å². The second-order valence-corrected chi connectivity index (χ2v) is 5.00. The number of hydrogen-bond donors (Lipinski definition) is 1. The van der Waals surface area contributed by atoms with Gasteiger partial charge in [0, 0.05) is 24.2 Å². The Labute approximate surface area is 96.1 Å². The van der Waals surface area contributed by atoms with Gasteiger partial charge in [-0.3, -0.25) is 0 Å². The minimum Gasteiger partial charge on any atom is -0.314 e. The van der Waals surface area contributed by atoms with E-state index in [-0.39, 0.29) is 0 Å². The Morgan fingerprint density at radius 3 is 2.53 bits per heavy atom. The first-order valence-corrected chi connectivity index (χ1v) is 6.30. The van der Waals surface area contributed by atoms with E-state index >= 15 is 0 Å². The molecule has 0 saturated heterocycles. The quantitative estimate of drug-likeness (QED) is 0.595. The number of nitrogens with zero attached hydrogens (tertiary/aromatic N) is 2. The summed E-state index contributed by atoms with van der Waals surface area (Å²) >= 11 is 1.72. The lowest BCUT2D eigenvalue weighted by Gasteiger charge is -2.13. The molecule has 1 N–H and O–H groups in total. The van der Waals surface area contributed by atoms with Crippen LogP contribution < -0.4 is 5.32 Å². The van der Waals surface area contributed by atoms with Crippen LogP contribution in [0.4, 0.5) is 0 Å². The smallest absolute Gasteiger partial charge is 0.187 e. The summed E-state index contributed by atoms with van der Waals surface area (Å²) in [5, 5.41) is 4.30. The summed E-state index contributed by atoms with van der Waals surface area (Å²) in [5.74, 6) is 1.70. The third kappa shape index (κ3) is 5.74. The molecule has 1 aromatic rings. The van der Waals surface area contributed by atoms with Gasteiger partial charge in [-0.15, -0.1) is 0 Å². The Kier molecular flexibility index (Phi) is 5.65. The van der Waals surface area contributed by atoms with Crippen molar-refractivity contribution in [2.24, 2.45) is 5.92 Å². The zero-order valence-corrected chi connectivity index (χ0v) is 10.4. The van der Waals surface area contributed by atoms with Crippen LogP contribution in [0.25, 0.3) is 0 Å². The molecule has 0 aromatic carbocycles. The summed E-state index contributed by atoms with van der Waals surface area (Å²) in [6, 6.07) is 2.40. The Morgan fingerprint density at radius 1 is 1.27 bits per heavy atom. The molecule has 1 atom stereocenters. The molecule has 0 aliphatic carbocycles. The van der Waals surface area contributed by atoms with Crippen LogP contribution in [-0.4, -0.2) is 28.3 Å². The lowest BCUT2D eigenvalue weighted by atomic mass is 10.2. The summed E-state index contributed by atoms with van der Waals surface area (Å²) in [6.45, 7) is 7.63. The van der Waals surface area contributed by atoms with Crippen molar-refractivity contribution in [1.29, 1.82) is 0 Å². The van der Waals surface area contributed by atoms with Crippen molar-refractivity contribution in [3.8, 4) is 0 Å². The van der Waals surface area contributed by atoms with E-state index in [4.69, 9.17) is 0 Å². The molecule has 0 amide bonds. The first kappa shape index (κ1) is 12.5. The molecule has 0 bridgehead atoms. The van der Waals surface area contributed by atoms with Crippen LogP contribution in [0, 0.1) is 5.92 Å². The Morgan fingerprint density at radius 2 is 1.93 bits per heavy atom. The van der Waals surface area contributed by atoms with Gasteiger partial charge in [0.1, 0.15) is 0 Å². The average molecular weight is 225 g/mol. The summed E-state index contributed by atoms with van der Waals surface area (Å²) in [6.07, 6.45) is 3.57. The van der Waals surface area contributed by atoms with Gasteiger partial charge in [0.25, 0.3) is 0 Å². The number of nitrogens with one attached hydrogen (secondary N) is 1. The van der Waals surface area contributed by atoms with Crippen LogP contribution in [0.15, 0.2) is 23.6 Å². The number of thioether (sulfide) groups is 1. The molecular formula is C11H19N3S. The van der Waals surface area contributed by atoms with Crippen molar-refractivity contribution in [3.63, 3.8) is 0 Å². The largest absolute Gasteiger partial charge is 0.314 e. The zero-order valence-electron chi connectivity index (χ0n) is 9.60. The van der Waals surface area contributed by atoms with E-state index in [2.05, 4.69) is 36.1 Å². The fourth-order valence-electron chi connectivity index (χ4n) is 1.07. The number of hydrogen-bond acceptors (Lipinski definition) is 4. The van der Waals surface area contributed by atoms with Gasteiger partial charge in [-0.25, -0.2) is 9.97 Å². The first-order chi connectivity index (χ1) is 7.18. The third-order valence-electron chi connectivity index (χ3n) is 1.91. The third-order valence-corrected chi connectivity index (χ3v) is 3.12. The summed E-state index contributed by atoms with van der Waals surface area (Å²) in [5.41, 5.74) is 0. The molecule has 1 aromatic heterocycles. The molecule has 4 heteroatoms. The predicted octanol–water partition coefficient (Wildman–Crippen LogP) is 2.20. The average Bonchev–Trinajstić information content (AvgIpc) is 2.25. The maximum atomic E-state index is 4.18. The van der Waals surface area contributed by atoms with Crippen molar-refractivity contribution >= 4 is 11.8 Å². The van der Waals surface area contributed by atoms with Gasteiger partial charge in [-0.1, -0.05) is 32.5 Å². The summed E-state index contributed by atoms with van der Waals surface area (Å²) in [7, 11) is 0. The van der Waals surface area contributed by atoms with Crippen LogP contribution in [0.5, 0.6) is 0 Å². The van der Waals surface area contributed by atoms with E-state index in [9.17, 15) is 0 Å². The molecule has 1 unspecified atom stereocenters. The number of aromatic nitrogens is 2. The lowest BCUT2D eigenvalue weighted by molar-refractivity contribution is 0.510. The van der Waals surface area contributed by atoms with Crippen LogP contribution >= 0.6 is 11.8 Å². The minimum atomic E-state index is 0.561. The second-order valence-electron chi connectivity index (χ2n) is 4.01. The van der Waals surface area contributed by atoms with Gasteiger partial charge in [0.05, 0.1) is 0 Å². The van der Waals surface area contributed by atoms with E-state index in [0.29, 0.717) is 12.0 Å². The highest BCUT2D eigenvalue weighted by atomic mass is 32.2. The van der Waals surface area contributed by atoms with E-state index in [1.807, 2.05) is 6.07 Å². The number of rotatable bonds is 6. The van der Waals surface area contributed by atoms with E-state index in [1.165, 1.54) is 0 Å². The van der Waals surface area contributed by atoms with E-state index in [0.717, 1.165) is 17.5 Å². The van der Waals surface area contributed by atoms with Gasteiger partial charge in [0.15, 0.2) is 5.16 Å². The first-order valence-electron chi connectivity index (χ1n) is 5.31. The Balaban J connectivity index is 2.19. The van der Waals surface area contributed by atoms with Crippen molar-refractivity contribution in [3.05, 3.63) is 18.5 Å². The van der Waals surface area contributed by atoms with E-state index < -0.39 is 0 Å². The highest BCUT2D eigenvalue weighted by molar-refractivity contribution is 7.99. The molecule has 0 aliphatic heterocycles. The molecule has 1 heterocycles. The molecule has 0 fully saturated rings. The van der Waals surface area contributed by atoms with Gasteiger partial charge >= 0.3 is 0 Å². The summed E-state index contributed by atoms with van der Waals surface area (Å²) in [4.78, 5) is 8.35. The minimum absolute atomic E-state index is 0.561. The fourth-order valence-corrected chi connectivity index (χ4v) is 1.89. The van der Waals surface area contributed by atoms with Crippen LogP contribution in [0.2, 0.25) is 0 Å². The fraction of sp³-hybridized carbons (Fsp3) is 0.636. The second kappa shape index (κ2) is 6.80. The topological polar surface area (TPSA) is 37.8 Å².